The quantitative estimate of drug-likeness (QED) is 0.781. The largest absolute Gasteiger partial charge is 0.465 e. The zero-order valence-electron chi connectivity index (χ0n) is 12.4. The Morgan fingerprint density at radius 3 is 2.65 bits per heavy atom. The van der Waals surface area contributed by atoms with E-state index in [1.807, 2.05) is 13.8 Å². The highest BCUT2D eigenvalue weighted by molar-refractivity contribution is 5.97. The molecule has 0 saturated heterocycles. The summed E-state index contributed by atoms with van der Waals surface area (Å²) in [5.74, 6) is -0.619. The standard InChI is InChI=1S/C15H22N2O3/c1-5-16-9-10(2)14(18)17-13-8-6-7-12(11(13)3)15(19)20-4/h6-8,10,16H,5,9H2,1-4H3,(H,17,18). The minimum Gasteiger partial charge on any atom is -0.465 e. The highest BCUT2D eigenvalue weighted by atomic mass is 16.5. The molecule has 0 aliphatic carbocycles. The molecule has 1 rings (SSSR count). The van der Waals surface area contributed by atoms with Crippen molar-refractivity contribution in [1.82, 2.24) is 5.32 Å². The molecule has 0 radical (unpaired) electrons. The maximum atomic E-state index is 12.1. The molecule has 1 unspecified atom stereocenters. The molecular weight excluding hydrogens is 256 g/mol. The number of carbonyl (C=O) groups excluding carboxylic acids is 2. The van der Waals surface area contributed by atoms with Crippen LogP contribution in [0.3, 0.4) is 0 Å². The number of nitrogens with one attached hydrogen (secondary N) is 2. The van der Waals surface area contributed by atoms with Crippen LogP contribution in [-0.2, 0) is 9.53 Å². The van der Waals surface area contributed by atoms with E-state index in [-0.39, 0.29) is 11.8 Å². The first kappa shape index (κ1) is 16.2. The number of anilines is 1. The van der Waals surface area contributed by atoms with Gasteiger partial charge in [0.15, 0.2) is 0 Å². The lowest BCUT2D eigenvalue weighted by Crippen LogP contribution is -2.30. The Labute approximate surface area is 119 Å². The Balaban J connectivity index is 2.82. The van der Waals surface area contributed by atoms with Crippen molar-refractivity contribution in [3.8, 4) is 0 Å². The molecule has 20 heavy (non-hydrogen) atoms. The number of carbonyl (C=O) groups is 2. The number of esters is 1. The van der Waals surface area contributed by atoms with Crippen molar-refractivity contribution in [2.45, 2.75) is 20.8 Å². The smallest absolute Gasteiger partial charge is 0.338 e. The van der Waals surface area contributed by atoms with Gasteiger partial charge in [0.1, 0.15) is 0 Å². The van der Waals surface area contributed by atoms with Crippen LogP contribution in [0.1, 0.15) is 29.8 Å². The maximum absolute atomic E-state index is 12.1. The fraction of sp³-hybridized carbons (Fsp3) is 0.467. The van der Waals surface area contributed by atoms with Gasteiger partial charge in [0.05, 0.1) is 12.7 Å². The van der Waals surface area contributed by atoms with E-state index in [0.717, 1.165) is 6.54 Å². The zero-order valence-corrected chi connectivity index (χ0v) is 12.4. The fourth-order valence-electron chi connectivity index (χ4n) is 1.81. The van der Waals surface area contributed by atoms with Crippen molar-refractivity contribution in [1.29, 1.82) is 0 Å². The molecule has 0 fully saturated rings. The summed E-state index contributed by atoms with van der Waals surface area (Å²) in [7, 11) is 1.34. The van der Waals surface area contributed by atoms with Crippen LogP contribution in [0.4, 0.5) is 5.69 Å². The molecule has 1 aromatic rings. The van der Waals surface area contributed by atoms with Gasteiger partial charge < -0.3 is 15.4 Å². The first-order valence-corrected chi connectivity index (χ1v) is 6.70. The first-order chi connectivity index (χ1) is 9.51. The van der Waals surface area contributed by atoms with Crippen LogP contribution < -0.4 is 10.6 Å². The van der Waals surface area contributed by atoms with Gasteiger partial charge in [-0.05, 0) is 31.2 Å². The SMILES string of the molecule is CCNCC(C)C(=O)Nc1cccc(C(=O)OC)c1C. The third-order valence-corrected chi connectivity index (χ3v) is 3.15. The molecule has 2 N–H and O–H groups in total. The number of methoxy groups -OCH3 is 1. The van der Waals surface area contributed by atoms with Crippen LogP contribution in [0.5, 0.6) is 0 Å². The van der Waals surface area contributed by atoms with E-state index < -0.39 is 5.97 Å². The zero-order chi connectivity index (χ0) is 15.1. The number of ether oxygens (including phenoxy) is 1. The molecule has 0 aliphatic heterocycles. The van der Waals surface area contributed by atoms with Gasteiger partial charge in [0, 0.05) is 18.2 Å². The number of hydrogen-bond acceptors (Lipinski definition) is 4. The summed E-state index contributed by atoms with van der Waals surface area (Å²) in [5, 5.41) is 5.98. The minimum atomic E-state index is -0.403. The van der Waals surface area contributed by atoms with Gasteiger partial charge in [-0.1, -0.05) is 19.9 Å². The second kappa shape index (κ2) is 7.65. The fourth-order valence-corrected chi connectivity index (χ4v) is 1.81. The summed E-state index contributed by atoms with van der Waals surface area (Å²) in [4.78, 5) is 23.7. The van der Waals surface area contributed by atoms with Crippen molar-refractivity contribution in [2.75, 3.05) is 25.5 Å². The van der Waals surface area contributed by atoms with E-state index in [1.165, 1.54) is 7.11 Å². The lowest BCUT2D eigenvalue weighted by Gasteiger charge is -2.15. The average molecular weight is 278 g/mol. The second-order valence-electron chi connectivity index (χ2n) is 4.67. The van der Waals surface area contributed by atoms with Crippen molar-refractivity contribution in [3.05, 3.63) is 29.3 Å². The lowest BCUT2D eigenvalue weighted by molar-refractivity contribution is -0.119. The number of rotatable bonds is 6. The Morgan fingerprint density at radius 2 is 2.05 bits per heavy atom. The molecule has 1 amide bonds. The van der Waals surface area contributed by atoms with Crippen LogP contribution in [0.15, 0.2) is 18.2 Å². The summed E-state index contributed by atoms with van der Waals surface area (Å²) in [6, 6.07) is 5.18. The van der Waals surface area contributed by atoms with Gasteiger partial charge in [0.2, 0.25) is 5.91 Å². The summed E-state index contributed by atoms with van der Waals surface area (Å²) in [5.41, 5.74) is 1.81. The number of hydrogen-bond donors (Lipinski definition) is 2. The van der Waals surface area contributed by atoms with E-state index in [0.29, 0.717) is 23.4 Å². The molecule has 1 atom stereocenters. The molecule has 0 aromatic heterocycles. The van der Waals surface area contributed by atoms with Gasteiger partial charge >= 0.3 is 5.97 Å². The van der Waals surface area contributed by atoms with Crippen molar-refractivity contribution in [2.24, 2.45) is 5.92 Å². The van der Waals surface area contributed by atoms with E-state index in [2.05, 4.69) is 10.6 Å². The number of benzene rings is 1. The van der Waals surface area contributed by atoms with Crippen molar-refractivity contribution >= 4 is 17.6 Å². The lowest BCUT2D eigenvalue weighted by atomic mass is 10.1. The third-order valence-electron chi connectivity index (χ3n) is 3.15. The monoisotopic (exact) mass is 278 g/mol. The van der Waals surface area contributed by atoms with Crippen molar-refractivity contribution in [3.63, 3.8) is 0 Å². The average Bonchev–Trinajstić information content (AvgIpc) is 2.45. The highest BCUT2D eigenvalue weighted by Gasteiger charge is 2.16. The van der Waals surface area contributed by atoms with Crippen LogP contribution >= 0.6 is 0 Å². The van der Waals surface area contributed by atoms with Crippen LogP contribution in [0.2, 0.25) is 0 Å². The molecular formula is C15H22N2O3. The molecule has 1 aromatic carbocycles. The van der Waals surface area contributed by atoms with Crippen molar-refractivity contribution < 1.29 is 14.3 Å². The van der Waals surface area contributed by atoms with E-state index in [1.54, 1.807) is 25.1 Å². The Kier molecular flexibility index (Phi) is 6.18. The molecule has 110 valence electrons. The highest BCUT2D eigenvalue weighted by Crippen LogP contribution is 2.20. The summed E-state index contributed by atoms with van der Waals surface area (Å²) >= 11 is 0. The van der Waals surface area contributed by atoms with Gasteiger partial charge in [-0.3, -0.25) is 4.79 Å². The van der Waals surface area contributed by atoms with Gasteiger partial charge in [-0.2, -0.15) is 0 Å². The van der Waals surface area contributed by atoms with E-state index >= 15 is 0 Å². The normalized spacial score (nSPS) is 11.8. The molecule has 0 aliphatic rings. The van der Waals surface area contributed by atoms with Gasteiger partial charge in [0.25, 0.3) is 0 Å². The Bertz CT molecular complexity index is 486. The van der Waals surface area contributed by atoms with Crippen LogP contribution in [-0.4, -0.2) is 32.1 Å². The van der Waals surface area contributed by atoms with Gasteiger partial charge in [-0.15, -0.1) is 0 Å². The Hall–Kier alpha value is -1.88. The van der Waals surface area contributed by atoms with Crippen LogP contribution in [0.25, 0.3) is 0 Å². The second-order valence-corrected chi connectivity index (χ2v) is 4.67. The number of amides is 1. The predicted molar refractivity (Wildman–Crippen MR) is 78.9 cm³/mol. The van der Waals surface area contributed by atoms with Crippen LogP contribution in [0, 0.1) is 12.8 Å². The molecule has 5 nitrogen and oxygen atoms in total. The van der Waals surface area contributed by atoms with E-state index in [9.17, 15) is 9.59 Å². The maximum Gasteiger partial charge on any atom is 0.338 e. The minimum absolute atomic E-state index is 0.0731. The molecule has 0 bridgehead atoms. The topological polar surface area (TPSA) is 67.4 Å². The first-order valence-electron chi connectivity index (χ1n) is 6.70. The predicted octanol–water partition coefficient (Wildman–Crippen LogP) is 1.97. The molecule has 0 heterocycles. The van der Waals surface area contributed by atoms with E-state index in [4.69, 9.17) is 4.74 Å². The molecule has 0 saturated carbocycles. The summed E-state index contributed by atoms with van der Waals surface area (Å²) in [6.45, 7) is 7.09. The molecule has 5 heteroatoms. The summed E-state index contributed by atoms with van der Waals surface area (Å²) in [6.07, 6.45) is 0. The van der Waals surface area contributed by atoms with Gasteiger partial charge in [-0.25, -0.2) is 4.79 Å². The Morgan fingerprint density at radius 1 is 1.35 bits per heavy atom. The third kappa shape index (κ3) is 4.06. The summed E-state index contributed by atoms with van der Waals surface area (Å²) < 4.78 is 4.72. The molecule has 0 spiro atoms.